The Labute approximate surface area is 201 Å². The second-order valence-electron chi connectivity index (χ2n) is 7.93. The monoisotopic (exact) mass is 503 g/mol. The zero-order valence-electron chi connectivity index (χ0n) is 18.6. The zero-order chi connectivity index (χ0) is 26.6. The molecule has 0 aliphatic carbocycles. The molecule has 1 atom stereocenters. The number of nitro groups is 1. The van der Waals surface area contributed by atoms with Crippen molar-refractivity contribution in [2.24, 2.45) is 0 Å². The van der Waals surface area contributed by atoms with Gasteiger partial charge in [0.25, 0.3) is 5.69 Å². The van der Waals surface area contributed by atoms with Gasteiger partial charge in [-0.25, -0.2) is 0 Å². The van der Waals surface area contributed by atoms with Gasteiger partial charge in [-0.05, 0) is 12.1 Å². The van der Waals surface area contributed by atoms with Gasteiger partial charge in [0.15, 0.2) is 0 Å². The van der Waals surface area contributed by atoms with E-state index in [4.69, 9.17) is 4.42 Å². The van der Waals surface area contributed by atoms with Crippen LogP contribution in [-0.2, 0) is 19.2 Å². The number of hydrogen-bond donors (Lipinski definition) is 4. The Kier molecular flexibility index (Phi) is 7.81. The van der Waals surface area contributed by atoms with Crippen LogP contribution in [0.2, 0.25) is 0 Å². The van der Waals surface area contributed by atoms with Crippen LogP contribution in [0.3, 0.4) is 0 Å². The minimum atomic E-state index is -1.44. The molecule has 3 aromatic rings. The molecular formula is C22H21N3O11. The van der Waals surface area contributed by atoms with Gasteiger partial charge in [-0.1, -0.05) is 18.2 Å². The van der Waals surface area contributed by atoms with E-state index < -0.39 is 73.3 Å². The summed E-state index contributed by atoms with van der Waals surface area (Å²) in [7, 11) is 0. The molecule has 1 unspecified atom stereocenters. The number of benzene rings is 2. The Morgan fingerprint density at radius 2 is 1.39 bits per heavy atom. The Bertz CT molecular complexity index is 1320. The lowest BCUT2D eigenvalue weighted by atomic mass is 9.98. The van der Waals surface area contributed by atoms with E-state index in [-0.39, 0.29) is 11.1 Å². The van der Waals surface area contributed by atoms with E-state index in [9.17, 15) is 49.7 Å². The number of carboxylic acid groups (broad SMARTS) is 4. The lowest BCUT2D eigenvalue weighted by Gasteiger charge is -2.33. The normalized spacial score (nSPS) is 12.3. The van der Waals surface area contributed by atoms with Crippen LogP contribution >= 0.6 is 0 Å². The van der Waals surface area contributed by atoms with Gasteiger partial charge in [-0.15, -0.1) is 0 Å². The van der Waals surface area contributed by atoms with Crippen molar-refractivity contribution in [3.05, 3.63) is 52.1 Å². The first-order chi connectivity index (χ1) is 17.0. The molecule has 1 aromatic heterocycles. The summed E-state index contributed by atoms with van der Waals surface area (Å²) in [5.41, 5.74) is -0.0802. The number of para-hydroxylation sites is 1. The molecular weight excluding hydrogens is 482 g/mol. The molecule has 0 spiro atoms. The number of hydrogen-bond acceptors (Lipinski definition) is 9. The third kappa shape index (κ3) is 6.11. The summed E-state index contributed by atoms with van der Waals surface area (Å²) >= 11 is 0. The maximum Gasteiger partial charge on any atom is 0.317 e. The highest BCUT2D eigenvalue weighted by molar-refractivity contribution is 6.05. The number of aliphatic carboxylic acids is 4. The maximum absolute atomic E-state index is 12.0. The van der Waals surface area contributed by atoms with Crippen LogP contribution in [0.15, 0.2) is 40.8 Å². The molecule has 0 aliphatic heterocycles. The van der Waals surface area contributed by atoms with E-state index >= 15 is 0 Å². The third-order valence-electron chi connectivity index (χ3n) is 5.35. The second-order valence-corrected chi connectivity index (χ2v) is 7.93. The van der Waals surface area contributed by atoms with Crippen LogP contribution in [0.4, 0.5) is 5.69 Å². The number of rotatable bonds is 13. The zero-order valence-corrected chi connectivity index (χ0v) is 18.6. The van der Waals surface area contributed by atoms with Crippen LogP contribution in [-0.4, -0.2) is 91.8 Å². The lowest BCUT2D eigenvalue weighted by Crippen LogP contribution is -2.45. The van der Waals surface area contributed by atoms with Gasteiger partial charge in [0.1, 0.15) is 11.2 Å². The Balaban J connectivity index is 2.26. The van der Waals surface area contributed by atoms with Crippen LogP contribution < -0.4 is 0 Å². The molecule has 14 nitrogen and oxygen atoms in total. The number of nitro benzene ring substituents is 1. The van der Waals surface area contributed by atoms with Crippen molar-refractivity contribution in [1.82, 2.24) is 9.80 Å². The molecule has 0 saturated carbocycles. The van der Waals surface area contributed by atoms with Crippen LogP contribution in [0.1, 0.15) is 11.6 Å². The van der Waals surface area contributed by atoms with E-state index in [0.29, 0.717) is 16.4 Å². The van der Waals surface area contributed by atoms with Crippen molar-refractivity contribution in [3.63, 3.8) is 0 Å². The molecule has 0 aliphatic rings. The Morgan fingerprint density at radius 3 is 1.92 bits per heavy atom. The molecule has 0 bridgehead atoms. The van der Waals surface area contributed by atoms with Crippen LogP contribution in [0.5, 0.6) is 0 Å². The van der Waals surface area contributed by atoms with Gasteiger partial charge >= 0.3 is 23.9 Å². The third-order valence-corrected chi connectivity index (χ3v) is 5.35. The number of carboxylic acids is 4. The molecule has 2 aromatic carbocycles. The Morgan fingerprint density at radius 1 is 0.833 bits per heavy atom. The summed E-state index contributed by atoms with van der Waals surface area (Å²) in [6.45, 7) is -3.84. The molecule has 1 heterocycles. The van der Waals surface area contributed by atoms with Crippen molar-refractivity contribution in [2.45, 2.75) is 6.04 Å². The molecule has 0 fully saturated rings. The number of nitrogens with zero attached hydrogens (tertiary/aromatic N) is 3. The van der Waals surface area contributed by atoms with Crippen molar-refractivity contribution >= 4 is 51.5 Å². The highest BCUT2D eigenvalue weighted by Crippen LogP contribution is 2.38. The van der Waals surface area contributed by atoms with Gasteiger partial charge in [0.2, 0.25) is 0 Å². The summed E-state index contributed by atoms with van der Waals surface area (Å²) in [4.78, 5) is 58.8. The lowest BCUT2D eigenvalue weighted by molar-refractivity contribution is -0.385. The van der Waals surface area contributed by atoms with Crippen molar-refractivity contribution in [2.75, 3.05) is 32.7 Å². The second kappa shape index (κ2) is 10.8. The quantitative estimate of drug-likeness (QED) is 0.192. The summed E-state index contributed by atoms with van der Waals surface area (Å²) in [5, 5.41) is 50.2. The topological polar surface area (TPSA) is 212 Å². The van der Waals surface area contributed by atoms with E-state index in [1.165, 1.54) is 6.07 Å². The van der Waals surface area contributed by atoms with Gasteiger partial charge in [-0.3, -0.25) is 39.1 Å². The predicted molar refractivity (Wildman–Crippen MR) is 122 cm³/mol. The molecule has 3 rings (SSSR count). The largest absolute Gasteiger partial charge is 0.480 e. The molecule has 36 heavy (non-hydrogen) atoms. The van der Waals surface area contributed by atoms with Crippen molar-refractivity contribution in [3.8, 4) is 0 Å². The predicted octanol–water partition coefficient (Wildman–Crippen LogP) is 1.48. The number of carbonyl (C=O) groups is 4. The number of furan rings is 1. The van der Waals surface area contributed by atoms with E-state index in [2.05, 4.69) is 0 Å². The standard InChI is InChI=1S/C22H21N3O11/c26-19(27)8-23(9-20(28)29)7-16(24(10-21(30)31)11-22(32)33)14-5-13-12-3-1-2-4-17(12)36-18(13)6-15(14)25(34)35/h1-6,16H,7-11H2,(H,26,27)(H,28,29)(H,30,31)(H,32,33). The van der Waals surface area contributed by atoms with Crippen LogP contribution in [0.25, 0.3) is 21.9 Å². The Hall–Kier alpha value is -4.56. The van der Waals surface area contributed by atoms with Crippen LogP contribution in [0, 0.1) is 10.1 Å². The van der Waals surface area contributed by atoms with Crippen molar-refractivity contribution < 1.29 is 48.9 Å². The fourth-order valence-corrected chi connectivity index (χ4v) is 4.05. The van der Waals surface area contributed by atoms with Gasteiger partial charge < -0.3 is 24.8 Å². The van der Waals surface area contributed by atoms with E-state index in [1.54, 1.807) is 24.3 Å². The molecule has 14 heteroatoms. The fourth-order valence-electron chi connectivity index (χ4n) is 4.05. The maximum atomic E-state index is 12.0. The SMILES string of the molecule is O=C(O)CN(CC(=O)O)CC(c1cc2c(cc1[N+](=O)[O-])oc1ccccc12)N(CC(=O)O)CC(=O)O. The summed E-state index contributed by atoms with van der Waals surface area (Å²) in [6.07, 6.45) is 0. The first-order valence-corrected chi connectivity index (χ1v) is 10.4. The van der Waals surface area contributed by atoms with E-state index in [1.807, 2.05) is 0 Å². The molecule has 190 valence electrons. The average Bonchev–Trinajstić information content (AvgIpc) is 3.12. The molecule has 4 N–H and O–H groups in total. The summed E-state index contributed by atoms with van der Waals surface area (Å²) in [5.74, 6) is -5.68. The minimum absolute atomic E-state index is 0.123. The average molecular weight is 503 g/mol. The highest BCUT2D eigenvalue weighted by Gasteiger charge is 2.33. The number of fused-ring (bicyclic) bond motifs is 3. The summed E-state index contributed by atoms with van der Waals surface area (Å²) < 4.78 is 5.68. The minimum Gasteiger partial charge on any atom is -0.480 e. The smallest absolute Gasteiger partial charge is 0.317 e. The van der Waals surface area contributed by atoms with Crippen molar-refractivity contribution in [1.29, 1.82) is 0 Å². The van der Waals surface area contributed by atoms with Gasteiger partial charge in [0, 0.05) is 22.9 Å². The highest BCUT2D eigenvalue weighted by atomic mass is 16.6. The van der Waals surface area contributed by atoms with E-state index in [0.717, 1.165) is 15.9 Å². The molecule has 0 radical (unpaired) electrons. The molecule has 0 amide bonds. The first kappa shape index (κ1) is 26.1. The summed E-state index contributed by atoms with van der Waals surface area (Å²) in [6, 6.07) is 7.84. The van der Waals surface area contributed by atoms with Gasteiger partial charge in [0.05, 0.1) is 43.2 Å². The fraction of sp³-hybridized carbons (Fsp3) is 0.273. The van der Waals surface area contributed by atoms with Gasteiger partial charge in [-0.2, -0.15) is 0 Å². The molecule has 0 saturated heterocycles. The first-order valence-electron chi connectivity index (χ1n) is 10.4.